The van der Waals surface area contributed by atoms with Crippen LogP contribution in [0.25, 0.3) is 0 Å². The molecule has 2 fully saturated rings. The highest BCUT2D eigenvalue weighted by Crippen LogP contribution is 2.43. The van der Waals surface area contributed by atoms with Gasteiger partial charge in [-0.05, 0) is 42.7 Å². The average molecular weight is 312 g/mol. The van der Waals surface area contributed by atoms with Crippen LogP contribution >= 0.6 is 0 Å². The average Bonchev–Trinajstić information content (AvgIpc) is 3.18. The van der Waals surface area contributed by atoms with Crippen LogP contribution in [0.3, 0.4) is 0 Å². The molecule has 23 heavy (non-hydrogen) atoms. The van der Waals surface area contributed by atoms with Gasteiger partial charge in [0.15, 0.2) is 0 Å². The van der Waals surface area contributed by atoms with Crippen LogP contribution in [-0.2, 0) is 0 Å². The highest BCUT2D eigenvalue weighted by Gasteiger charge is 2.36. The Kier molecular flexibility index (Phi) is 3.81. The third-order valence-electron chi connectivity index (χ3n) is 5.64. The van der Waals surface area contributed by atoms with E-state index in [0.717, 1.165) is 49.8 Å². The molecule has 1 aliphatic heterocycles. The van der Waals surface area contributed by atoms with Crippen molar-refractivity contribution < 1.29 is 4.79 Å². The predicted octanol–water partition coefficient (Wildman–Crippen LogP) is 1.51. The van der Waals surface area contributed by atoms with Crippen LogP contribution in [0, 0.1) is 17.8 Å². The minimum Gasteiger partial charge on any atom is -0.366 e. The number of anilines is 1. The Morgan fingerprint density at radius 3 is 2.57 bits per heavy atom. The van der Waals surface area contributed by atoms with Crippen molar-refractivity contribution in [1.82, 2.24) is 9.88 Å². The molecule has 2 N–H and O–H groups in total. The first-order valence-corrected chi connectivity index (χ1v) is 8.60. The maximum absolute atomic E-state index is 11.1. The standard InChI is InChI=1S/C18H24N4O/c19-18(23)15-3-4-17(20-11-15)22-7-5-21(6-8-22)12-16-10-13-1-2-14(16)9-13/h1-4,11,13-14,16H,5-10,12H2,(H2,19,23)/t13-,14+,16+/m1/s1. The minimum atomic E-state index is -0.422. The summed E-state index contributed by atoms with van der Waals surface area (Å²) in [6.07, 6.45) is 9.21. The fourth-order valence-electron chi connectivity index (χ4n) is 4.31. The van der Waals surface area contributed by atoms with Gasteiger partial charge in [-0.25, -0.2) is 4.98 Å². The molecule has 5 nitrogen and oxygen atoms in total. The van der Waals surface area contributed by atoms with E-state index in [0.29, 0.717) is 5.56 Å². The third-order valence-corrected chi connectivity index (χ3v) is 5.64. The van der Waals surface area contributed by atoms with Crippen LogP contribution in [0.2, 0.25) is 0 Å². The highest BCUT2D eigenvalue weighted by molar-refractivity contribution is 5.92. The van der Waals surface area contributed by atoms with Crippen LogP contribution in [0.1, 0.15) is 23.2 Å². The summed E-state index contributed by atoms with van der Waals surface area (Å²) in [4.78, 5) is 20.4. The summed E-state index contributed by atoms with van der Waals surface area (Å²) < 4.78 is 0. The summed E-state index contributed by atoms with van der Waals surface area (Å²) in [5.74, 6) is 3.08. The van der Waals surface area contributed by atoms with Crippen molar-refractivity contribution >= 4 is 11.7 Å². The molecule has 1 amide bonds. The number of hydrogen-bond donors (Lipinski definition) is 1. The van der Waals surface area contributed by atoms with Gasteiger partial charge >= 0.3 is 0 Å². The van der Waals surface area contributed by atoms with E-state index in [1.807, 2.05) is 6.07 Å². The lowest BCUT2D eigenvalue weighted by atomic mass is 9.93. The van der Waals surface area contributed by atoms with E-state index in [9.17, 15) is 4.79 Å². The van der Waals surface area contributed by atoms with Crippen LogP contribution in [0.15, 0.2) is 30.5 Å². The van der Waals surface area contributed by atoms with E-state index in [1.54, 1.807) is 12.3 Å². The molecule has 0 radical (unpaired) electrons. The number of hydrogen-bond acceptors (Lipinski definition) is 4. The van der Waals surface area contributed by atoms with Crippen molar-refractivity contribution in [3.63, 3.8) is 0 Å². The lowest BCUT2D eigenvalue weighted by molar-refractivity contribution is 0.1000. The molecule has 3 atom stereocenters. The van der Waals surface area contributed by atoms with E-state index in [4.69, 9.17) is 5.73 Å². The lowest BCUT2D eigenvalue weighted by Gasteiger charge is -2.37. The highest BCUT2D eigenvalue weighted by atomic mass is 16.1. The van der Waals surface area contributed by atoms with Crippen molar-refractivity contribution in [2.24, 2.45) is 23.5 Å². The maximum atomic E-state index is 11.1. The minimum absolute atomic E-state index is 0.422. The van der Waals surface area contributed by atoms with Gasteiger partial charge in [0.1, 0.15) is 5.82 Å². The van der Waals surface area contributed by atoms with Gasteiger partial charge in [-0.1, -0.05) is 12.2 Å². The van der Waals surface area contributed by atoms with Crippen molar-refractivity contribution in [1.29, 1.82) is 0 Å². The topological polar surface area (TPSA) is 62.5 Å². The molecule has 1 saturated carbocycles. The van der Waals surface area contributed by atoms with Gasteiger partial charge < -0.3 is 10.6 Å². The Morgan fingerprint density at radius 2 is 2.00 bits per heavy atom. The number of rotatable bonds is 4. The van der Waals surface area contributed by atoms with E-state index in [2.05, 4.69) is 26.9 Å². The molecule has 0 spiro atoms. The first-order chi connectivity index (χ1) is 11.2. The van der Waals surface area contributed by atoms with E-state index < -0.39 is 5.91 Å². The summed E-state index contributed by atoms with van der Waals surface area (Å²) in [5, 5.41) is 0. The molecule has 1 aromatic rings. The summed E-state index contributed by atoms with van der Waals surface area (Å²) in [6.45, 7) is 5.43. The second-order valence-corrected chi connectivity index (χ2v) is 7.10. The summed E-state index contributed by atoms with van der Waals surface area (Å²) in [7, 11) is 0. The van der Waals surface area contributed by atoms with Gasteiger partial charge in [0.2, 0.25) is 5.91 Å². The lowest BCUT2D eigenvalue weighted by Crippen LogP contribution is -2.48. The largest absolute Gasteiger partial charge is 0.366 e. The molecular formula is C18H24N4O. The van der Waals surface area contributed by atoms with Crippen LogP contribution in [-0.4, -0.2) is 48.5 Å². The van der Waals surface area contributed by atoms with Crippen molar-refractivity contribution in [2.45, 2.75) is 12.8 Å². The molecule has 5 heteroatoms. The Hall–Kier alpha value is -1.88. The van der Waals surface area contributed by atoms with Crippen LogP contribution in [0.5, 0.6) is 0 Å². The molecule has 3 aliphatic rings. The molecule has 2 aliphatic carbocycles. The predicted molar refractivity (Wildman–Crippen MR) is 90.3 cm³/mol. The van der Waals surface area contributed by atoms with Crippen molar-refractivity contribution in [2.75, 3.05) is 37.6 Å². The number of carbonyl (C=O) groups is 1. The van der Waals surface area contributed by atoms with E-state index in [-0.39, 0.29) is 0 Å². The number of fused-ring (bicyclic) bond motifs is 2. The Balaban J connectivity index is 1.30. The molecular weight excluding hydrogens is 288 g/mol. The van der Waals surface area contributed by atoms with Crippen LogP contribution in [0.4, 0.5) is 5.82 Å². The van der Waals surface area contributed by atoms with Gasteiger partial charge in [-0.15, -0.1) is 0 Å². The van der Waals surface area contributed by atoms with Gasteiger partial charge in [0.25, 0.3) is 0 Å². The second-order valence-electron chi connectivity index (χ2n) is 7.10. The van der Waals surface area contributed by atoms with E-state index in [1.165, 1.54) is 19.4 Å². The third kappa shape index (κ3) is 2.98. The zero-order chi connectivity index (χ0) is 15.8. The van der Waals surface area contributed by atoms with Gasteiger partial charge in [0.05, 0.1) is 5.56 Å². The number of nitrogens with zero attached hydrogens (tertiary/aromatic N) is 3. The van der Waals surface area contributed by atoms with Crippen molar-refractivity contribution in [3.05, 3.63) is 36.0 Å². The SMILES string of the molecule is NC(=O)c1ccc(N2CCN(C[C@@H]3C[C@@H]4C=C[C@H]3C4)CC2)nc1. The normalized spacial score (nSPS) is 30.1. The second kappa shape index (κ2) is 5.96. The van der Waals surface area contributed by atoms with Crippen molar-refractivity contribution in [3.8, 4) is 0 Å². The molecule has 2 heterocycles. The molecule has 122 valence electrons. The zero-order valence-electron chi connectivity index (χ0n) is 13.4. The summed E-state index contributed by atoms with van der Waals surface area (Å²) >= 11 is 0. The molecule has 1 aromatic heterocycles. The molecule has 1 saturated heterocycles. The number of piperazine rings is 1. The monoisotopic (exact) mass is 312 g/mol. The molecule has 2 bridgehead atoms. The number of pyridine rings is 1. The number of allylic oxidation sites excluding steroid dienone is 2. The fourth-order valence-corrected chi connectivity index (χ4v) is 4.31. The van der Waals surface area contributed by atoms with Gasteiger partial charge in [0, 0.05) is 38.9 Å². The molecule has 0 unspecified atom stereocenters. The molecule has 4 rings (SSSR count). The Bertz CT molecular complexity index is 604. The summed E-state index contributed by atoms with van der Waals surface area (Å²) in [6, 6.07) is 3.66. The smallest absolute Gasteiger partial charge is 0.250 e. The number of carbonyl (C=O) groups excluding carboxylic acids is 1. The Labute approximate surface area is 137 Å². The number of primary amides is 1. The van der Waals surface area contributed by atoms with Gasteiger partial charge in [-0.2, -0.15) is 0 Å². The first kappa shape index (κ1) is 14.7. The number of nitrogens with two attached hydrogens (primary N) is 1. The first-order valence-electron chi connectivity index (χ1n) is 8.60. The summed E-state index contributed by atoms with van der Waals surface area (Å²) in [5.41, 5.74) is 5.73. The maximum Gasteiger partial charge on any atom is 0.250 e. The number of aromatic nitrogens is 1. The quantitative estimate of drug-likeness (QED) is 0.856. The number of amides is 1. The fraction of sp³-hybridized carbons (Fsp3) is 0.556. The van der Waals surface area contributed by atoms with E-state index >= 15 is 0 Å². The zero-order valence-corrected chi connectivity index (χ0v) is 13.4. The molecule has 0 aromatic carbocycles. The Morgan fingerprint density at radius 1 is 1.17 bits per heavy atom. The van der Waals surface area contributed by atoms with Crippen LogP contribution < -0.4 is 10.6 Å². The van der Waals surface area contributed by atoms with Gasteiger partial charge in [-0.3, -0.25) is 9.69 Å².